The molecule has 1 aromatic heterocycles. The van der Waals surface area contributed by atoms with Gasteiger partial charge in [-0.2, -0.15) is 5.10 Å². The van der Waals surface area contributed by atoms with Crippen molar-refractivity contribution in [2.45, 2.75) is 39.5 Å². The lowest BCUT2D eigenvalue weighted by Crippen LogP contribution is -2.32. The van der Waals surface area contributed by atoms with Gasteiger partial charge in [0.05, 0.1) is 18.4 Å². The maximum Gasteiger partial charge on any atom is 0.341 e. The molecule has 0 bridgehead atoms. The molecule has 1 heterocycles. The lowest BCUT2D eigenvalue weighted by Gasteiger charge is -2.07. The van der Waals surface area contributed by atoms with Crippen LogP contribution in [0.4, 0.5) is 5.00 Å². The SMILES string of the molecule is CCOC(=O)c1c(NC(=O)C(=O)N/N=C/c2ccc(CC)cc2)sc2c1CCC2. The van der Waals surface area contributed by atoms with Gasteiger partial charge in [-0.25, -0.2) is 10.2 Å². The van der Waals surface area contributed by atoms with E-state index in [2.05, 4.69) is 22.8 Å². The number of thiophene rings is 1. The van der Waals surface area contributed by atoms with E-state index in [1.54, 1.807) is 6.92 Å². The average molecular weight is 413 g/mol. The third-order valence-corrected chi connectivity index (χ3v) is 5.81. The molecule has 8 heteroatoms. The minimum atomic E-state index is -0.908. The molecule has 0 fully saturated rings. The van der Waals surface area contributed by atoms with E-state index < -0.39 is 17.8 Å². The number of hydrogen-bond acceptors (Lipinski definition) is 6. The number of amides is 2. The first kappa shape index (κ1) is 20.7. The fraction of sp³-hybridized carbons (Fsp3) is 0.333. The van der Waals surface area contributed by atoms with E-state index in [0.29, 0.717) is 10.6 Å². The number of carbonyl (C=O) groups is 3. The third kappa shape index (κ3) is 4.89. The quantitative estimate of drug-likeness (QED) is 0.329. The molecule has 1 aromatic carbocycles. The largest absolute Gasteiger partial charge is 0.462 e. The topological polar surface area (TPSA) is 96.9 Å². The summed E-state index contributed by atoms with van der Waals surface area (Å²) >= 11 is 1.32. The highest BCUT2D eigenvalue weighted by Gasteiger charge is 2.29. The number of anilines is 1. The maximum absolute atomic E-state index is 12.3. The Morgan fingerprint density at radius 2 is 1.90 bits per heavy atom. The number of nitrogens with one attached hydrogen (secondary N) is 2. The molecule has 0 unspecified atom stereocenters. The molecule has 2 N–H and O–H groups in total. The first-order chi connectivity index (χ1) is 14.0. The summed E-state index contributed by atoms with van der Waals surface area (Å²) in [6, 6.07) is 7.71. The van der Waals surface area contributed by atoms with Gasteiger partial charge in [0.2, 0.25) is 0 Å². The van der Waals surface area contributed by atoms with Crippen LogP contribution in [0.25, 0.3) is 0 Å². The molecular formula is C21H23N3O4S. The van der Waals surface area contributed by atoms with Gasteiger partial charge in [-0.05, 0) is 49.3 Å². The van der Waals surface area contributed by atoms with E-state index in [9.17, 15) is 14.4 Å². The zero-order valence-corrected chi connectivity index (χ0v) is 17.2. The van der Waals surface area contributed by atoms with Crippen LogP contribution in [-0.4, -0.2) is 30.6 Å². The first-order valence-corrected chi connectivity index (χ1v) is 10.4. The second-order valence-corrected chi connectivity index (χ2v) is 7.64. The summed E-state index contributed by atoms with van der Waals surface area (Å²) in [5.74, 6) is -2.26. The number of benzene rings is 1. The molecule has 0 atom stereocenters. The number of esters is 1. The Kier molecular flexibility index (Phi) is 6.77. The third-order valence-electron chi connectivity index (χ3n) is 4.60. The van der Waals surface area contributed by atoms with Crippen LogP contribution >= 0.6 is 11.3 Å². The molecule has 1 aliphatic rings. The van der Waals surface area contributed by atoms with E-state index in [0.717, 1.165) is 41.7 Å². The molecule has 2 amide bonds. The van der Waals surface area contributed by atoms with Gasteiger partial charge < -0.3 is 10.1 Å². The van der Waals surface area contributed by atoms with Gasteiger partial charge in [0.15, 0.2) is 0 Å². The summed E-state index contributed by atoms with van der Waals surface area (Å²) in [7, 11) is 0. The van der Waals surface area contributed by atoms with Gasteiger partial charge in [-0.3, -0.25) is 9.59 Å². The molecule has 1 aliphatic carbocycles. The summed E-state index contributed by atoms with van der Waals surface area (Å²) in [6.07, 6.45) is 5.00. The van der Waals surface area contributed by atoms with Crippen molar-refractivity contribution in [3.05, 3.63) is 51.4 Å². The van der Waals surface area contributed by atoms with Crippen LogP contribution in [0.5, 0.6) is 0 Å². The van der Waals surface area contributed by atoms with Crippen molar-refractivity contribution >= 4 is 40.3 Å². The minimum absolute atomic E-state index is 0.241. The fourth-order valence-electron chi connectivity index (χ4n) is 3.13. The number of nitrogens with zero attached hydrogens (tertiary/aromatic N) is 1. The zero-order chi connectivity index (χ0) is 20.8. The van der Waals surface area contributed by atoms with Crippen molar-refractivity contribution in [1.29, 1.82) is 0 Å². The average Bonchev–Trinajstić information content (AvgIpc) is 3.29. The highest BCUT2D eigenvalue weighted by atomic mass is 32.1. The molecule has 0 saturated carbocycles. The Bertz CT molecular complexity index is 948. The Morgan fingerprint density at radius 3 is 2.59 bits per heavy atom. The number of carbonyl (C=O) groups excluding carboxylic acids is 3. The van der Waals surface area contributed by atoms with Crippen molar-refractivity contribution in [1.82, 2.24) is 5.43 Å². The number of rotatable bonds is 6. The molecule has 0 saturated heterocycles. The molecule has 152 valence electrons. The van der Waals surface area contributed by atoms with Crippen molar-refractivity contribution in [2.24, 2.45) is 5.10 Å². The predicted molar refractivity (Wildman–Crippen MR) is 112 cm³/mol. The maximum atomic E-state index is 12.3. The van der Waals surface area contributed by atoms with E-state index in [1.807, 2.05) is 24.3 Å². The van der Waals surface area contributed by atoms with Crippen LogP contribution in [0.3, 0.4) is 0 Å². The molecule has 2 aromatic rings. The van der Waals surface area contributed by atoms with E-state index >= 15 is 0 Å². The van der Waals surface area contributed by atoms with Crippen LogP contribution in [0.2, 0.25) is 0 Å². The van der Waals surface area contributed by atoms with Gasteiger partial charge in [0.25, 0.3) is 0 Å². The molecule has 0 aliphatic heterocycles. The lowest BCUT2D eigenvalue weighted by molar-refractivity contribution is -0.136. The normalized spacial score (nSPS) is 12.6. The molecule has 29 heavy (non-hydrogen) atoms. The van der Waals surface area contributed by atoms with Crippen molar-refractivity contribution in [2.75, 3.05) is 11.9 Å². The number of aryl methyl sites for hydroxylation is 2. The zero-order valence-electron chi connectivity index (χ0n) is 16.4. The van der Waals surface area contributed by atoms with Gasteiger partial charge in [0.1, 0.15) is 5.00 Å². The number of hydrogen-bond donors (Lipinski definition) is 2. The number of ether oxygens (including phenoxy) is 1. The summed E-state index contributed by atoms with van der Waals surface area (Å²) in [5, 5.41) is 6.71. The van der Waals surface area contributed by atoms with Gasteiger partial charge in [0, 0.05) is 4.88 Å². The van der Waals surface area contributed by atoms with Crippen molar-refractivity contribution in [3.63, 3.8) is 0 Å². The second kappa shape index (κ2) is 9.47. The van der Waals surface area contributed by atoms with Crippen LogP contribution in [-0.2, 0) is 33.6 Å². The monoisotopic (exact) mass is 413 g/mol. The van der Waals surface area contributed by atoms with E-state index in [1.165, 1.54) is 23.1 Å². The Balaban J connectivity index is 1.64. The van der Waals surface area contributed by atoms with Crippen molar-refractivity contribution < 1.29 is 19.1 Å². The highest BCUT2D eigenvalue weighted by molar-refractivity contribution is 7.17. The fourth-order valence-corrected chi connectivity index (χ4v) is 4.40. The Morgan fingerprint density at radius 1 is 1.14 bits per heavy atom. The van der Waals surface area contributed by atoms with Crippen LogP contribution in [0, 0.1) is 0 Å². The van der Waals surface area contributed by atoms with Crippen LogP contribution < -0.4 is 10.7 Å². The van der Waals surface area contributed by atoms with Crippen LogP contribution in [0.15, 0.2) is 29.4 Å². The minimum Gasteiger partial charge on any atom is -0.462 e. The van der Waals surface area contributed by atoms with Crippen LogP contribution in [0.1, 0.15) is 52.2 Å². The van der Waals surface area contributed by atoms with Gasteiger partial charge >= 0.3 is 17.8 Å². The molecular weight excluding hydrogens is 390 g/mol. The van der Waals surface area contributed by atoms with E-state index in [4.69, 9.17) is 4.74 Å². The summed E-state index contributed by atoms with van der Waals surface area (Å²) in [4.78, 5) is 37.7. The van der Waals surface area contributed by atoms with Gasteiger partial charge in [-0.1, -0.05) is 31.2 Å². The van der Waals surface area contributed by atoms with E-state index in [-0.39, 0.29) is 6.61 Å². The summed E-state index contributed by atoms with van der Waals surface area (Å²) < 4.78 is 5.12. The summed E-state index contributed by atoms with van der Waals surface area (Å²) in [5.41, 5.74) is 5.50. The number of hydrazone groups is 1. The smallest absolute Gasteiger partial charge is 0.341 e. The lowest BCUT2D eigenvalue weighted by atomic mass is 10.1. The standard InChI is InChI=1S/C21H23N3O4S/c1-3-13-8-10-14(11-9-13)12-22-24-19(26)18(25)23-20-17(21(27)28-4-2)15-6-5-7-16(15)29-20/h8-12H,3-7H2,1-2H3,(H,23,25)(H,24,26)/b22-12+. The molecule has 0 radical (unpaired) electrons. The first-order valence-electron chi connectivity index (χ1n) is 9.58. The Hall–Kier alpha value is -3.00. The van der Waals surface area contributed by atoms with Gasteiger partial charge in [-0.15, -0.1) is 11.3 Å². The number of fused-ring (bicyclic) bond motifs is 1. The molecule has 0 spiro atoms. The summed E-state index contributed by atoms with van der Waals surface area (Å²) in [6.45, 7) is 4.03. The Labute approximate surface area is 173 Å². The second-order valence-electron chi connectivity index (χ2n) is 6.53. The predicted octanol–water partition coefficient (Wildman–Crippen LogP) is 3.06. The molecule has 3 rings (SSSR count). The highest BCUT2D eigenvalue weighted by Crippen LogP contribution is 2.39. The van der Waals surface area contributed by atoms with Crippen molar-refractivity contribution in [3.8, 4) is 0 Å². The molecule has 7 nitrogen and oxygen atoms in total.